The predicted octanol–water partition coefficient (Wildman–Crippen LogP) is 13.0. The van der Waals surface area contributed by atoms with Crippen LogP contribution >= 0.6 is 0 Å². The smallest absolute Gasteiger partial charge is 0.201 e. The Kier molecular flexibility index (Phi) is 14.0. The van der Waals surface area contributed by atoms with Crippen molar-refractivity contribution in [1.29, 1.82) is 0 Å². The summed E-state index contributed by atoms with van der Waals surface area (Å²) >= 11 is 0. The van der Waals surface area contributed by atoms with Gasteiger partial charge in [-0.25, -0.2) is 4.39 Å². The van der Waals surface area contributed by atoms with E-state index in [0.717, 1.165) is 36.8 Å². The molecule has 0 N–H and O–H groups in total. The van der Waals surface area contributed by atoms with Gasteiger partial charge in [-0.05, 0) is 64.8 Å². The molecule has 4 aromatic carbocycles. The molecule has 4 rings (SSSR count). The quantitative estimate of drug-likeness (QED) is 0.0978. The molecular formula is C41H50F2O. The minimum atomic E-state index is -0.916. The molecule has 0 radical (unpaired) electrons. The summed E-state index contributed by atoms with van der Waals surface area (Å²) < 4.78 is 35.4. The first-order valence-corrected chi connectivity index (χ1v) is 17.0. The van der Waals surface area contributed by atoms with Crippen molar-refractivity contribution in [1.82, 2.24) is 0 Å². The minimum Gasteiger partial charge on any atom is -0.490 e. The normalized spacial score (nSPS) is 11.2. The van der Waals surface area contributed by atoms with Gasteiger partial charge >= 0.3 is 0 Å². The number of hydrogen-bond acceptors (Lipinski definition) is 1. The Bertz CT molecular complexity index is 1370. The van der Waals surface area contributed by atoms with Crippen molar-refractivity contribution in [2.24, 2.45) is 0 Å². The second kappa shape index (κ2) is 18.4. The van der Waals surface area contributed by atoms with Crippen molar-refractivity contribution in [2.45, 2.75) is 104 Å². The lowest BCUT2D eigenvalue weighted by Gasteiger charge is -2.11. The number of hydrogen-bond donors (Lipinski definition) is 0. The number of aryl methyl sites for hydroxylation is 1. The zero-order chi connectivity index (χ0) is 31.0. The molecule has 4 aromatic rings. The summed E-state index contributed by atoms with van der Waals surface area (Å²) in [6, 6.07) is 28.3. The van der Waals surface area contributed by atoms with E-state index in [-0.39, 0.29) is 11.3 Å². The fourth-order valence-electron chi connectivity index (χ4n) is 5.78. The lowest BCUT2D eigenvalue weighted by Crippen LogP contribution is -2.01. The fraction of sp³-hybridized carbons (Fsp3) is 0.415. The molecule has 3 heteroatoms. The van der Waals surface area contributed by atoms with E-state index in [2.05, 4.69) is 62.4 Å². The monoisotopic (exact) mass is 596 g/mol. The van der Waals surface area contributed by atoms with Crippen LogP contribution in [0.1, 0.15) is 103 Å². The van der Waals surface area contributed by atoms with Crippen LogP contribution in [0.3, 0.4) is 0 Å². The Hall–Kier alpha value is -3.46. The molecule has 0 fully saturated rings. The van der Waals surface area contributed by atoms with E-state index in [1.807, 2.05) is 24.3 Å². The fourth-order valence-corrected chi connectivity index (χ4v) is 5.78. The summed E-state index contributed by atoms with van der Waals surface area (Å²) in [6.45, 7) is 4.87. The van der Waals surface area contributed by atoms with E-state index in [1.54, 1.807) is 12.1 Å². The number of benzene rings is 4. The maximum absolute atomic E-state index is 15.0. The molecule has 0 aliphatic rings. The van der Waals surface area contributed by atoms with Gasteiger partial charge in [-0.15, -0.1) is 0 Å². The minimum absolute atomic E-state index is 0.0126. The molecule has 0 bridgehead atoms. The van der Waals surface area contributed by atoms with Gasteiger partial charge in [0.2, 0.25) is 5.82 Å². The molecule has 0 aliphatic heterocycles. The molecule has 44 heavy (non-hydrogen) atoms. The zero-order valence-corrected chi connectivity index (χ0v) is 26.9. The van der Waals surface area contributed by atoms with Gasteiger partial charge in [-0.2, -0.15) is 4.39 Å². The molecule has 1 nitrogen and oxygen atoms in total. The maximum atomic E-state index is 15.0. The molecule has 0 unspecified atom stereocenters. The second-order valence-electron chi connectivity index (χ2n) is 12.1. The van der Waals surface area contributed by atoms with Crippen LogP contribution < -0.4 is 4.74 Å². The van der Waals surface area contributed by atoms with E-state index in [4.69, 9.17) is 4.74 Å². The van der Waals surface area contributed by atoms with E-state index in [1.165, 1.54) is 80.9 Å². The highest BCUT2D eigenvalue weighted by atomic mass is 19.2. The lowest BCUT2D eigenvalue weighted by atomic mass is 9.97. The van der Waals surface area contributed by atoms with Crippen molar-refractivity contribution in [2.75, 3.05) is 6.61 Å². The summed E-state index contributed by atoms with van der Waals surface area (Å²) in [7, 11) is 0. The van der Waals surface area contributed by atoms with E-state index in [9.17, 15) is 4.39 Å². The van der Waals surface area contributed by atoms with E-state index in [0.29, 0.717) is 12.2 Å². The van der Waals surface area contributed by atoms with Crippen LogP contribution in [0.4, 0.5) is 8.78 Å². The van der Waals surface area contributed by atoms with Gasteiger partial charge in [0.05, 0.1) is 6.61 Å². The predicted molar refractivity (Wildman–Crippen MR) is 183 cm³/mol. The van der Waals surface area contributed by atoms with Crippen LogP contribution in [0.5, 0.6) is 5.75 Å². The van der Waals surface area contributed by atoms with Crippen LogP contribution in [-0.2, 0) is 6.42 Å². The Morgan fingerprint density at radius 1 is 0.432 bits per heavy atom. The number of unbranched alkanes of at least 4 members (excludes halogenated alkanes) is 11. The molecule has 0 saturated heterocycles. The Morgan fingerprint density at radius 3 is 1.39 bits per heavy atom. The van der Waals surface area contributed by atoms with Gasteiger partial charge in [0, 0.05) is 5.56 Å². The van der Waals surface area contributed by atoms with Gasteiger partial charge in [0.1, 0.15) is 0 Å². The van der Waals surface area contributed by atoms with Gasteiger partial charge in [0.15, 0.2) is 11.6 Å². The topological polar surface area (TPSA) is 9.23 Å². The van der Waals surface area contributed by atoms with Crippen molar-refractivity contribution >= 4 is 0 Å². The molecule has 0 aliphatic carbocycles. The summed E-state index contributed by atoms with van der Waals surface area (Å²) in [5, 5.41) is 0. The molecule has 0 aromatic heterocycles. The average molecular weight is 597 g/mol. The first-order chi connectivity index (χ1) is 21.6. The molecular weight excluding hydrogens is 546 g/mol. The van der Waals surface area contributed by atoms with Crippen LogP contribution in [0.15, 0.2) is 84.9 Å². The van der Waals surface area contributed by atoms with Gasteiger partial charge in [-0.3, -0.25) is 0 Å². The van der Waals surface area contributed by atoms with Crippen molar-refractivity contribution in [3.8, 4) is 39.1 Å². The summed E-state index contributed by atoms with van der Waals surface area (Å²) in [5.41, 5.74) is 6.80. The first-order valence-electron chi connectivity index (χ1n) is 17.0. The van der Waals surface area contributed by atoms with Crippen LogP contribution in [0.25, 0.3) is 33.4 Å². The molecule has 0 atom stereocenters. The zero-order valence-electron chi connectivity index (χ0n) is 26.9. The Balaban J connectivity index is 1.29. The lowest BCUT2D eigenvalue weighted by molar-refractivity contribution is 0.285. The first kappa shape index (κ1) is 33.4. The van der Waals surface area contributed by atoms with Crippen LogP contribution in [0.2, 0.25) is 0 Å². The van der Waals surface area contributed by atoms with Crippen LogP contribution in [0, 0.1) is 11.6 Å². The number of ether oxygens (including phenoxy) is 1. The second-order valence-corrected chi connectivity index (χ2v) is 12.1. The van der Waals surface area contributed by atoms with Crippen molar-refractivity contribution in [3.05, 3.63) is 102 Å². The van der Waals surface area contributed by atoms with E-state index >= 15 is 4.39 Å². The molecule has 0 heterocycles. The third kappa shape index (κ3) is 10.0. The highest BCUT2D eigenvalue weighted by Crippen LogP contribution is 2.32. The SMILES string of the molecule is CCCCCCCCCOc1ccc(-c2ccc(-c3ccc(-c4ccc(CCCCCCCC)cc4)cc3)cc2)c(F)c1F. The number of halogens is 2. The maximum Gasteiger partial charge on any atom is 0.201 e. The summed E-state index contributed by atoms with van der Waals surface area (Å²) in [5.74, 6) is -1.79. The van der Waals surface area contributed by atoms with Crippen molar-refractivity contribution in [3.63, 3.8) is 0 Å². The highest BCUT2D eigenvalue weighted by molar-refractivity contribution is 5.73. The van der Waals surface area contributed by atoms with Gasteiger partial charge < -0.3 is 4.74 Å². The Morgan fingerprint density at radius 2 is 0.864 bits per heavy atom. The van der Waals surface area contributed by atoms with Crippen molar-refractivity contribution < 1.29 is 13.5 Å². The molecule has 234 valence electrons. The standard InChI is InChI=1S/C41H50F2O/c1-3-5-7-9-11-13-15-31-44-39-30-29-38(40(42)41(39)43)37-27-25-36(26-28-37)35-23-21-34(22-24-35)33-19-17-32(18-20-33)16-14-12-10-8-6-4-2/h17-30H,3-16,31H2,1-2H3. The summed E-state index contributed by atoms with van der Waals surface area (Å²) in [4.78, 5) is 0. The third-order valence-corrected chi connectivity index (χ3v) is 8.57. The number of rotatable bonds is 19. The molecule has 0 spiro atoms. The van der Waals surface area contributed by atoms with Gasteiger partial charge in [0.25, 0.3) is 0 Å². The van der Waals surface area contributed by atoms with Crippen LogP contribution in [-0.4, -0.2) is 6.61 Å². The Labute approximate surface area is 264 Å². The summed E-state index contributed by atoms with van der Waals surface area (Å²) in [6.07, 6.45) is 17.1. The van der Waals surface area contributed by atoms with E-state index < -0.39 is 11.6 Å². The third-order valence-electron chi connectivity index (χ3n) is 8.57. The highest BCUT2D eigenvalue weighted by Gasteiger charge is 2.16. The largest absolute Gasteiger partial charge is 0.490 e. The molecule has 0 amide bonds. The van der Waals surface area contributed by atoms with Gasteiger partial charge in [-0.1, -0.05) is 157 Å². The average Bonchev–Trinajstić information content (AvgIpc) is 3.06. The molecule has 0 saturated carbocycles.